The molecule has 0 fully saturated rings. The van der Waals surface area contributed by atoms with E-state index in [1.807, 2.05) is 60.8 Å². The van der Waals surface area contributed by atoms with Crippen molar-refractivity contribution in [2.75, 3.05) is 13.2 Å². The van der Waals surface area contributed by atoms with Gasteiger partial charge in [-0.05, 0) is 96.3 Å². The van der Waals surface area contributed by atoms with Gasteiger partial charge in [0.25, 0.3) is 0 Å². The van der Waals surface area contributed by atoms with Gasteiger partial charge in [-0.3, -0.25) is 14.4 Å². The van der Waals surface area contributed by atoms with Crippen LogP contribution in [0.1, 0.15) is 233 Å². The van der Waals surface area contributed by atoms with Gasteiger partial charge in [0.05, 0.1) is 0 Å². The molecule has 0 aromatic carbocycles. The van der Waals surface area contributed by atoms with Crippen LogP contribution in [0.4, 0.5) is 0 Å². The Morgan fingerprint density at radius 1 is 0.314 bits per heavy atom. The van der Waals surface area contributed by atoms with Gasteiger partial charge in [-0.1, -0.05) is 251 Å². The summed E-state index contributed by atoms with van der Waals surface area (Å²) in [5, 5.41) is 0. The average Bonchev–Trinajstić information content (AvgIpc) is 3.36. The highest BCUT2D eigenvalue weighted by Gasteiger charge is 2.19. The molecule has 0 N–H and O–H groups in total. The maximum absolute atomic E-state index is 12.8. The van der Waals surface area contributed by atoms with Crippen LogP contribution in [0, 0.1) is 0 Å². The second-order valence-electron chi connectivity index (χ2n) is 18.3. The molecule has 0 radical (unpaired) electrons. The number of unbranched alkanes of at least 4 members (excludes halogenated alkanes) is 23. The van der Waals surface area contributed by atoms with Crippen LogP contribution >= 0.6 is 0 Å². The van der Waals surface area contributed by atoms with Crippen LogP contribution in [0.15, 0.2) is 134 Å². The third-order valence-electron chi connectivity index (χ3n) is 11.6. The molecule has 1 atom stereocenters. The summed E-state index contributed by atoms with van der Waals surface area (Å²) in [5.41, 5.74) is 0. The lowest BCUT2D eigenvalue weighted by atomic mass is 10.1. The average molecular weight is 968 g/mol. The molecule has 1 unspecified atom stereocenters. The first kappa shape index (κ1) is 65.5. The zero-order valence-corrected chi connectivity index (χ0v) is 45.0. The minimum atomic E-state index is -0.819. The van der Waals surface area contributed by atoms with E-state index in [2.05, 4.69) is 93.7 Å². The fraction of sp³-hybridized carbons (Fsp3) is 0.609. The van der Waals surface area contributed by atoms with E-state index in [4.69, 9.17) is 14.2 Å². The Balaban J connectivity index is 4.56. The van der Waals surface area contributed by atoms with Gasteiger partial charge in [0, 0.05) is 19.3 Å². The summed E-state index contributed by atoms with van der Waals surface area (Å²) in [6, 6.07) is 0. The van der Waals surface area contributed by atoms with E-state index in [9.17, 15) is 14.4 Å². The van der Waals surface area contributed by atoms with Crippen molar-refractivity contribution in [3.05, 3.63) is 134 Å². The van der Waals surface area contributed by atoms with Crippen LogP contribution in [-0.2, 0) is 28.6 Å². The minimum absolute atomic E-state index is 0.112. The summed E-state index contributed by atoms with van der Waals surface area (Å²) < 4.78 is 16.8. The highest BCUT2D eigenvalue weighted by Crippen LogP contribution is 2.13. The summed E-state index contributed by atoms with van der Waals surface area (Å²) in [6.07, 6.45) is 80.0. The van der Waals surface area contributed by atoms with Gasteiger partial charge in [0.2, 0.25) is 0 Å². The number of ether oxygens (including phenoxy) is 3. The Bertz CT molecular complexity index is 1530. The number of rotatable bonds is 49. The van der Waals surface area contributed by atoms with Crippen molar-refractivity contribution in [1.29, 1.82) is 0 Å². The predicted octanol–water partition coefficient (Wildman–Crippen LogP) is 19.0. The summed E-state index contributed by atoms with van der Waals surface area (Å²) >= 11 is 0. The van der Waals surface area contributed by atoms with Crippen molar-refractivity contribution in [1.82, 2.24) is 0 Å². The molecule has 0 heterocycles. The molecule has 0 aliphatic carbocycles. The molecule has 0 saturated carbocycles. The number of carbonyl (C=O) groups is 3. The van der Waals surface area contributed by atoms with Crippen LogP contribution in [0.5, 0.6) is 0 Å². The quantitative estimate of drug-likeness (QED) is 0.0199. The molecule has 0 spiro atoms. The molecule has 0 saturated heterocycles. The molecule has 0 rings (SSSR count). The summed E-state index contributed by atoms with van der Waals surface area (Å²) in [7, 11) is 0. The third kappa shape index (κ3) is 54.5. The molecule has 70 heavy (non-hydrogen) atoms. The van der Waals surface area contributed by atoms with Crippen molar-refractivity contribution in [2.24, 2.45) is 0 Å². The molecular weight excluding hydrogens is 865 g/mol. The normalized spacial score (nSPS) is 13.1. The van der Waals surface area contributed by atoms with E-state index in [0.717, 1.165) is 103 Å². The lowest BCUT2D eigenvalue weighted by Gasteiger charge is -2.18. The summed E-state index contributed by atoms with van der Waals surface area (Å²) in [5.74, 6) is -0.988. The smallest absolute Gasteiger partial charge is 0.306 e. The van der Waals surface area contributed by atoms with Crippen LogP contribution < -0.4 is 0 Å². The number of allylic oxidation sites excluding steroid dienone is 22. The van der Waals surface area contributed by atoms with E-state index in [0.29, 0.717) is 19.3 Å². The zero-order chi connectivity index (χ0) is 50.7. The molecule has 0 amide bonds. The Hall–Kier alpha value is -4.45. The first-order valence-electron chi connectivity index (χ1n) is 28.3. The Kier molecular flexibility index (Phi) is 53.5. The Morgan fingerprint density at radius 3 is 1.03 bits per heavy atom. The Morgan fingerprint density at radius 2 is 0.614 bits per heavy atom. The van der Waals surface area contributed by atoms with Crippen molar-refractivity contribution in [2.45, 2.75) is 239 Å². The molecule has 0 aliphatic rings. The van der Waals surface area contributed by atoms with Gasteiger partial charge in [0.15, 0.2) is 6.10 Å². The zero-order valence-electron chi connectivity index (χ0n) is 45.0. The van der Waals surface area contributed by atoms with E-state index < -0.39 is 6.10 Å². The van der Waals surface area contributed by atoms with Crippen LogP contribution in [0.2, 0.25) is 0 Å². The molecule has 0 aromatic heterocycles. The number of hydrogen-bond acceptors (Lipinski definition) is 6. The van der Waals surface area contributed by atoms with Gasteiger partial charge in [-0.25, -0.2) is 0 Å². The standard InChI is InChI=1S/C64H102O6/c1-4-7-10-13-16-19-22-25-28-31-34-36-39-42-45-48-51-54-57-63(66)69-60-61(70-64(67)58-55-52-49-46-43-40-37-33-30-27-24-21-18-15-12-9-6-3)59-68-62(65)56-53-50-47-44-41-38-35-32-29-26-23-20-17-14-11-8-5-2/h9,12,15,17-18,20-22,24-31,33-34,36-37,40,43,61H,4-8,10-11,13-14,16,19,23,32,35,38-39,41-42,44-60H2,1-3H3/b12-9-,18-15-,20-17-,24-21-,25-22-,29-26-,30-27-,31-28-,36-34-,37-33+,43-40-. The SMILES string of the molecule is CC\C=C/C=C\C=C/C=C\C=C\C=C/CCCCCC(=O)OC(COC(=O)CCCCCCC\C=C/C=C\C=C/CCCCCCC)COC(=O)CCCCCCCCC/C=C\C/C=C\CCCCC. The second-order valence-corrected chi connectivity index (χ2v) is 18.3. The van der Waals surface area contributed by atoms with Gasteiger partial charge in [-0.2, -0.15) is 0 Å². The number of carbonyl (C=O) groups excluding carboxylic acids is 3. The van der Waals surface area contributed by atoms with Crippen LogP contribution in [0.3, 0.4) is 0 Å². The molecule has 0 bridgehead atoms. The first-order valence-corrected chi connectivity index (χ1v) is 28.3. The van der Waals surface area contributed by atoms with E-state index >= 15 is 0 Å². The fourth-order valence-electron chi connectivity index (χ4n) is 7.33. The summed E-state index contributed by atoms with van der Waals surface area (Å²) in [6.45, 7) is 6.38. The maximum atomic E-state index is 12.8. The lowest BCUT2D eigenvalue weighted by Crippen LogP contribution is -2.30. The van der Waals surface area contributed by atoms with E-state index in [-0.39, 0.29) is 37.5 Å². The monoisotopic (exact) mass is 967 g/mol. The number of hydrogen-bond donors (Lipinski definition) is 0. The van der Waals surface area contributed by atoms with E-state index in [1.165, 1.54) is 83.5 Å². The molecule has 0 aromatic rings. The van der Waals surface area contributed by atoms with E-state index in [1.54, 1.807) is 0 Å². The van der Waals surface area contributed by atoms with Gasteiger partial charge in [-0.15, -0.1) is 0 Å². The van der Waals surface area contributed by atoms with Gasteiger partial charge < -0.3 is 14.2 Å². The van der Waals surface area contributed by atoms with Crippen molar-refractivity contribution in [3.8, 4) is 0 Å². The van der Waals surface area contributed by atoms with Crippen molar-refractivity contribution >= 4 is 17.9 Å². The summed E-state index contributed by atoms with van der Waals surface area (Å²) in [4.78, 5) is 38.2. The largest absolute Gasteiger partial charge is 0.462 e. The fourth-order valence-corrected chi connectivity index (χ4v) is 7.33. The Labute approximate surface area is 430 Å². The topological polar surface area (TPSA) is 78.9 Å². The van der Waals surface area contributed by atoms with Gasteiger partial charge in [0.1, 0.15) is 13.2 Å². The third-order valence-corrected chi connectivity index (χ3v) is 11.6. The molecule has 6 heteroatoms. The molecule has 394 valence electrons. The molecule has 6 nitrogen and oxygen atoms in total. The molecular formula is C64H102O6. The lowest BCUT2D eigenvalue weighted by molar-refractivity contribution is -0.167. The highest BCUT2D eigenvalue weighted by atomic mass is 16.6. The van der Waals surface area contributed by atoms with Crippen LogP contribution in [-0.4, -0.2) is 37.2 Å². The minimum Gasteiger partial charge on any atom is -0.462 e. The first-order chi connectivity index (χ1) is 34.5. The predicted molar refractivity (Wildman–Crippen MR) is 302 cm³/mol. The van der Waals surface area contributed by atoms with Gasteiger partial charge >= 0.3 is 17.9 Å². The highest BCUT2D eigenvalue weighted by molar-refractivity contribution is 5.71. The number of esters is 3. The molecule has 0 aliphatic heterocycles. The van der Waals surface area contributed by atoms with Crippen molar-refractivity contribution in [3.63, 3.8) is 0 Å². The second kappa shape index (κ2) is 57.1. The van der Waals surface area contributed by atoms with Crippen LogP contribution in [0.25, 0.3) is 0 Å². The van der Waals surface area contributed by atoms with Crippen molar-refractivity contribution < 1.29 is 28.6 Å². The maximum Gasteiger partial charge on any atom is 0.306 e.